The molecule has 0 bridgehead atoms. The van der Waals surface area contributed by atoms with E-state index in [-0.39, 0.29) is 0 Å². The molecule has 0 aliphatic rings. The fraction of sp³-hybridized carbons (Fsp3) is 0.0833. The molecule has 0 aromatic heterocycles. The minimum absolute atomic E-state index is 0.701. The third-order valence-corrected chi connectivity index (χ3v) is 5.93. The number of hydrogen-bond acceptors (Lipinski definition) is 3. The van der Waals surface area contributed by atoms with Crippen molar-refractivity contribution in [1.29, 1.82) is 0 Å². The average molecular weight is 388 g/mol. The fourth-order valence-electron chi connectivity index (χ4n) is 2.96. The molecule has 0 spiro atoms. The van der Waals surface area contributed by atoms with Crippen molar-refractivity contribution in [3.63, 3.8) is 0 Å². The largest absolute Gasteiger partial charge is 0.497 e. The van der Waals surface area contributed by atoms with E-state index in [1.165, 1.54) is 0 Å². The molecule has 1 atom stereocenters. The lowest BCUT2D eigenvalue weighted by atomic mass is 10.1. The summed E-state index contributed by atoms with van der Waals surface area (Å²) < 4.78 is 24.0. The second-order valence-electron chi connectivity index (χ2n) is 6.53. The number of aryl methyl sites for hydroxylation is 1. The van der Waals surface area contributed by atoms with Crippen LogP contribution in [0.1, 0.15) is 5.56 Å². The van der Waals surface area contributed by atoms with Crippen molar-refractivity contribution in [2.45, 2.75) is 16.7 Å². The second-order valence-corrected chi connectivity index (χ2v) is 8.01. The summed E-state index contributed by atoms with van der Waals surface area (Å²) in [6.45, 7) is 2.02. The van der Waals surface area contributed by atoms with Crippen LogP contribution in [0, 0.1) is 6.92 Å². The van der Waals surface area contributed by atoms with E-state index in [0.29, 0.717) is 5.75 Å². The van der Waals surface area contributed by atoms with Gasteiger partial charge in [-0.05, 0) is 78.4 Å². The zero-order valence-electron chi connectivity index (χ0n) is 15.7. The Labute approximate surface area is 167 Å². The molecule has 0 aliphatic heterocycles. The van der Waals surface area contributed by atoms with Crippen molar-refractivity contribution in [2.75, 3.05) is 7.11 Å². The SMILES string of the molecule is COc1ccc2ccc(Oc3ccc(S(=O)c4ccc(C)cc4)cc3)cc2c1. The number of fused-ring (bicyclic) bond motifs is 1. The van der Waals surface area contributed by atoms with Crippen LogP contribution in [0.15, 0.2) is 94.7 Å². The molecule has 4 rings (SSSR count). The summed E-state index contributed by atoms with van der Waals surface area (Å²) >= 11 is 0. The van der Waals surface area contributed by atoms with Gasteiger partial charge in [-0.25, -0.2) is 4.21 Å². The fourth-order valence-corrected chi connectivity index (χ4v) is 4.00. The number of rotatable bonds is 5. The van der Waals surface area contributed by atoms with Crippen LogP contribution in [0.5, 0.6) is 17.2 Å². The predicted octanol–water partition coefficient (Wildman–Crippen LogP) is 6.12. The topological polar surface area (TPSA) is 35.5 Å². The lowest BCUT2D eigenvalue weighted by Gasteiger charge is -2.09. The molecule has 0 saturated heterocycles. The Morgan fingerprint density at radius 1 is 0.643 bits per heavy atom. The van der Waals surface area contributed by atoms with Crippen molar-refractivity contribution >= 4 is 21.6 Å². The highest BCUT2D eigenvalue weighted by atomic mass is 32.2. The highest BCUT2D eigenvalue weighted by Gasteiger charge is 2.08. The molecular weight excluding hydrogens is 368 g/mol. The van der Waals surface area contributed by atoms with Crippen LogP contribution in [0.2, 0.25) is 0 Å². The van der Waals surface area contributed by atoms with Crippen LogP contribution in [0.3, 0.4) is 0 Å². The van der Waals surface area contributed by atoms with Gasteiger partial charge in [0.2, 0.25) is 0 Å². The van der Waals surface area contributed by atoms with E-state index in [0.717, 1.165) is 37.6 Å². The summed E-state index contributed by atoms with van der Waals surface area (Å²) in [6, 6.07) is 27.0. The molecule has 1 unspecified atom stereocenters. The van der Waals surface area contributed by atoms with E-state index < -0.39 is 10.8 Å². The van der Waals surface area contributed by atoms with Gasteiger partial charge in [-0.2, -0.15) is 0 Å². The monoisotopic (exact) mass is 388 g/mol. The summed E-state index contributed by atoms with van der Waals surface area (Å²) in [5.74, 6) is 2.26. The first-order valence-electron chi connectivity index (χ1n) is 8.96. The van der Waals surface area contributed by atoms with E-state index in [2.05, 4.69) is 0 Å². The number of ether oxygens (including phenoxy) is 2. The van der Waals surface area contributed by atoms with E-state index in [1.807, 2.05) is 91.9 Å². The molecule has 28 heavy (non-hydrogen) atoms. The Bertz CT molecular complexity index is 1130. The molecule has 0 heterocycles. The lowest BCUT2D eigenvalue weighted by Crippen LogP contribution is -1.93. The van der Waals surface area contributed by atoms with Crippen LogP contribution < -0.4 is 9.47 Å². The van der Waals surface area contributed by atoms with Crippen LogP contribution >= 0.6 is 0 Å². The lowest BCUT2D eigenvalue weighted by molar-refractivity contribution is 0.415. The van der Waals surface area contributed by atoms with Gasteiger partial charge >= 0.3 is 0 Å². The third kappa shape index (κ3) is 3.92. The van der Waals surface area contributed by atoms with E-state index >= 15 is 0 Å². The Kier molecular flexibility index (Phi) is 5.13. The van der Waals surface area contributed by atoms with Gasteiger partial charge in [-0.1, -0.05) is 29.8 Å². The quantitative estimate of drug-likeness (QED) is 0.413. The highest BCUT2D eigenvalue weighted by Crippen LogP contribution is 2.29. The maximum absolute atomic E-state index is 12.7. The van der Waals surface area contributed by atoms with Gasteiger partial charge in [-0.15, -0.1) is 0 Å². The van der Waals surface area contributed by atoms with E-state index in [4.69, 9.17) is 9.47 Å². The van der Waals surface area contributed by atoms with Gasteiger partial charge in [0.25, 0.3) is 0 Å². The van der Waals surface area contributed by atoms with Crippen LogP contribution in [0.25, 0.3) is 10.8 Å². The molecule has 0 saturated carbocycles. The Morgan fingerprint density at radius 2 is 1.18 bits per heavy atom. The summed E-state index contributed by atoms with van der Waals surface area (Å²) in [7, 11) is 0.455. The first-order chi connectivity index (χ1) is 13.6. The van der Waals surface area contributed by atoms with Gasteiger partial charge < -0.3 is 9.47 Å². The van der Waals surface area contributed by atoms with Crippen molar-refractivity contribution in [2.24, 2.45) is 0 Å². The zero-order valence-corrected chi connectivity index (χ0v) is 16.5. The summed E-state index contributed by atoms with van der Waals surface area (Å²) in [6.07, 6.45) is 0. The predicted molar refractivity (Wildman–Crippen MR) is 113 cm³/mol. The average Bonchev–Trinajstić information content (AvgIpc) is 2.74. The molecule has 3 nitrogen and oxygen atoms in total. The van der Waals surface area contributed by atoms with Crippen LogP contribution in [-0.2, 0) is 10.8 Å². The minimum Gasteiger partial charge on any atom is -0.497 e. The molecule has 4 heteroatoms. The van der Waals surface area contributed by atoms with Crippen LogP contribution in [-0.4, -0.2) is 11.3 Å². The first-order valence-corrected chi connectivity index (χ1v) is 10.1. The molecule has 140 valence electrons. The number of hydrogen-bond donors (Lipinski definition) is 0. The zero-order chi connectivity index (χ0) is 19.5. The van der Waals surface area contributed by atoms with Gasteiger partial charge in [0.15, 0.2) is 0 Å². The van der Waals surface area contributed by atoms with Crippen molar-refractivity contribution < 1.29 is 13.7 Å². The Morgan fingerprint density at radius 3 is 1.82 bits per heavy atom. The summed E-state index contributed by atoms with van der Waals surface area (Å²) in [5.41, 5.74) is 1.15. The Hall–Kier alpha value is -3.11. The van der Waals surface area contributed by atoms with Crippen LogP contribution in [0.4, 0.5) is 0 Å². The standard InChI is InChI=1S/C24H20O3S/c1-17-3-11-23(12-4-17)28(25)24-13-9-20(10-14-24)27-22-8-6-18-5-7-21(26-2)15-19(18)16-22/h3-16H,1-2H3. The molecule has 0 radical (unpaired) electrons. The first kappa shape index (κ1) is 18.3. The van der Waals surface area contributed by atoms with E-state index in [9.17, 15) is 4.21 Å². The second kappa shape index (κ2) is 7.87. The van der Waals surface area contributed by atoms with Crippen molar-refractivity contribution in [3.8, 4) is 17.2 Å². The maximum Gasteiger partial charge on any atom is 0.128 e. The maximum atomic E-state index is 12.7. The van der Waals surface area contributed by atoms with Crippen molar-refractivity contribution in [1.82, 2.24) is 0 Å². The summed E-state index contributed by atoms with van der Waals surface area (Å²) in [5, 5.41) is 2.17. The van der Waals surface area contributed by atoms with Gasteiger partial charge in [-0.3, -0.25) is 0 Å². The number of benzene rings is 4. The minimum atomic E-state index is -1.20. The molecule has 0 aliphatic carbocycles. The van der Waals surface area contributed by atoms with Gasteiger partial charge in [0.1, 0.15) is 17.2 Å². The molecule has 0 fully saturated rings. The summed E-state index contributed by atoms with van der Waals surface area (Å²) in [4.78, 5) is 1.54. The van der Waals surface area contributed by atoms with Gasteiger partial charge in [0, 0.05) is 9.79 Å². The molecular formula is C24H20O3S. The van der Waals surface area contributed by atoms with Crippen molar-refractivity contribution in [3.05, 3.63) is 90.5 Å². The molecule has 0 N–H and O–H groups in total. The van der Waals surface area contributed by atoms with E-state index in [1.54, 1.807) is 7.11 Å². The number of methoxy groups -OCH3 is 1. The highest BCUT2D eigenvalue weighted by molar-refractivity contribution is 7.85. The molecule has 4 aromatic carbocycles. The molecule has 4 aromatic rings. The third-order valence-electron chi connectivity index (χ3n) is 4.53. The molecule has 0 amide bonds. The van der Waals surface area contributed by atoms with Gasteiger partial charge in [0.05, 0.1) is 17.9 Å². The Balaban J connectivity index is 1.53. The smallest absolute Gasteiger partial charge is 0.128 e. The normalized spacial score (nSPS) is 11.9.